The second-order valence-corrected chi connectivity index (χ2v) is 4.92. The summed E-state index contributed by atoms with van der Waals surface area (Å²) in [5.74, 6) is 0.726. The van der Waals surface area contributed by atoms with Gasteiger partial charge in [0.2, 0.25) is 5.91 Å². The molecule has 0 radical (unpaired) electrons. The number of carbonyl (C=O) groups excluding carboxylic acids is 1. The third-order valence-corrected chi connectivity index (χ3v) is 3.40. The molecule has 0 aliphatic carbocycles. The minimum Gasteiger partial charge on any atom is -0.385 e. The highest BCUT2D eigenvalue weighted by atomic mass is 16.5. The molecule has 0 aromatic heterocycles. The number of carbonyl (C=O) groups is 1. The van der Waals surface area contributed by atoms with Crippen LogP contribution in [-0.4, -0.2) is 25.7 Å². The quantitative estimate of drug-likeness (QED) is 0.858. The molecule has 4 nitrogen and oxygen atoms in total. The van der Waals surface area contributed by atoms with Gasteiger partial charge in [0.1, 0.15) is 0 Å². The first kappa shape index (κ1) is 13.9. The fourth-order valence-electron chi connectivity index (χ4n) is 2.17. The van der Waals surface area contributed by atoms with Crippen molar-refractivity contribution < 1.29 is 9.53 Å². The van der Waals surface area contributed by atoms with Crippen LogP contribution < -0.4 is 10.6 Å². The Morgan fingerprint density at radius 1 is 1.32 bits per heavy atom. The van der Waals surface area contributed by atoms with Crippen LogP contribution in [0.1, 0.15) is 26.2 Å². The molecule has 1 heterocycles. The van der Waals surface area contributed by atoms with Gasteiger partial charge in [-0.15, -0.1) is 0 Å². The summed E-state index contributed by atoms with van der Waals surface area (Å²) in [6, 6.07) is 7.87. The van der Waals surface area contributed by atoms with Crippen LogP contribution in [-0.2, 0) is 9.53 Å². The lowest BCUT2D eigenvalue weighted by atomic mass is 10.0. The molecule has 0 spiro atoms. The van der Waals surface area contributed by atoms with E-state index in [2.05, 4.69) is 10.6 Å². The van der Waals surface area contributed by atoms with Crippen LogP contribution in [0.2, 0.25) is 0 Å². The maximum absolute atomic E-state index is 11.4. The number of amides is 1. The van der Waals surface area contributed by atoms with Crippen molar-refractivity contribution in [2.75, 3.05) is 30.4 Å². The van der Waals surface area contributed by atoms with E-state index in [0.29, 0.717) is 12.3 Å². The minimum absolute atomic E-state index is 0.0431. The number of hydrogen-bond acceptors (Lipinski definition) is 3. The van der Waals surface area contributed by atoms with Crippen molar-refractivity contribution in [2.45, 2.75) is 26.2 Å². The molecular weight excluding hydrogens is 240 g/mol. The largest absolute Gasteiger partial charge is 0.385 e. The Labute approximate surface area is 114 Å². The fraction of sp³-hybridized carbons (Fsp3) is 0.533. The molecular formula is C15H22N2O2. The Hall–Kier alpha value is -1.55. The zero-order chi connectivity index (χ0) is 13.5. The zero-order valence-corrected chi connectivity index (χ0v) is 11.4. The predicted molar refractivity (Wildman–Crippen MR) is 77.4 cm³/mol. The molecule has 1 fully saturated rings. The molecule has 1 saturated heterocycles. The van der Waals surface area contributed by atoms with Gasteiger partial charge in [-0.25, -0.2) is 0 Å². The summed E-state index contributed by atoms with van der Waals surface area (Å²) in [4.78, 5) is 11.4. The van der Waals surface area contributed by atoms with Gasteiger partial charge < -0.3 is 15.4 Å². The number of benzene rings is 1. The van der Waals surface area contributed by atoms with Crippen LogP contribution in [0.5, 0.6) is 0 Å². The highest BCUT2D eigenvalue weighted by Gasteiger charge is 2.13. The van der Waals surface area contributed by atoms with Crippen molar-refractivity contribution in [2.24, 2.45) is 5.92 Å². The monoisotopic (exact) mass is 262 g/mol. The van der Waals surface area contributed by atoms with Crippen LogP contribution >= 0.6 is 0 Å². The van der Waals surface area contributed by atoms with Crippen LogP contribution in [0.3, 0.4) is 0 Å². The van der Waals surface area contributed by atoms with Crippen LogP contribution in [0, 0.1) is 5.92 Å². The summed E-state index contributed by atoms with van der Waals surface area (Å²) in [5, 5.41) is 6.31. The van der Waals surface area contributed by atoms with E-state index in [9.17, 15) is 4.79 Å². The van der Waals surface area contributed by atoms with E-state index in [4.69, 9.17) is 4.74 Å². The predicted octanol–water partition coefficient (Wildman–Crippen LogP) is 2.87. The van der Waals surface area contributed by atoms with Crippen molar-refractivity contribution >= 4 is 17.3 Å². The second kappa shape index (κ2) is 7.14. The molecule has 0 atom stereocenters. The van der Waals surface area contributed by atoms with Crippen LogP contribution in [0.4, 0.5) is 11.4 Å². The number of nitrogens with one attached hydrogen (secondary N) is 2. The van der Waals surface area contributed by atoms with Gasteiger partial charge >= 0.3 is 0 Å². The molecule has 104 valence electrons. The lowest BCUT2D eigenvalue weighted by Gasteiger charge is -2.22. The first-order valence-electron chi connectivity index (χ1n) is 6.99. The van der Waals surface area contributed by atoms with E-state index >= 15 is 0 Å². The van der Waals surface area contributed by atoms with E-state index < -0.39 is 0 Å². The molecule has 2 rings (SSSR count). The zero-order valence-electron chi connectivity index (χ0n) is 11.4. The van der Waals surface area contributed by atoms with Crippen LogP contribution in [0.15, 0.2) is 24.3 Å². The summed E-state index contributed by atoms with van der Waals surface area (Å²) >= 11 is 0. The Balaban J connectivity index is 1.85. The molecule has 1 aliphatic heterocycles. The Kier molecular flexibility index (Phi) is 5.21. The molecule has 0 saturated carbocycles. The van der Waals surface area contributed by atoms with E-state index in [-0.39, 0.29) is 5.91 Å². The lowest BCUT2D eigenvalue weighted by Crippen LogP contribution is -2.22. The Morgan fingerprint density at radius 2 is 2.05 bits per heavy atom. The summed E-state index contributed by atoms with van der Waals surface area (Å²) in [6.45, 7) is 4.56. The molecule has 2 N–H and O–H groups in total. The van der Waals surface area contributed by atoms with Gasteiger partial charge in [-0.2, -0.15) is 0 Å². The molecule has 1 aliphatic rings. The van der Waals surface area contributed by atoms with Crippen molar-refractivity contribution in [1.29, 1.82) is 0 Å². The highest BCUT2D eigenvalue weighted by molar-refractivity contribution is 5.90. The standard InChI is InChI=1S/C15H22N2O2/c1-2-15(18)17-14-5-3-4-13(10-14)16-11-12-6-8-19-9-7-12/h3-5,10,12,16H,2,6-9,11H2,1H3,(H,17,18). The van der Waals surface area contributed by atoms with Crippen molar-refractivity contribution in [3.05, 3.63) is 24.3 Å². The molecule has 1 amide bonds. The number of hydrogen-bond donors (Lipinski definition) is 2. The molecule has 0 unspecified atom stereocenters. The molecule has 1 aromatic rings. The van der Waals surface area contributed by atoms with Gasteiger partial charge in [-0.3, -0.25) is 4.79 Å². The summed E-state index contributed by atoms with van der Waals surface area (Å²) in [6.07, 6.45) is 2.75. The van der Waals surface area contributed by atoms with E-state index in [0.717, 1.165) is 44.0 Å². The Morgan fingerprint density at radius 3 is 2.79 bits per heavy atom. The highest BCUT2D eigenvalue weighted by Crippen LogP contribution is 2.18. The van der Waals surface area contributed by atoms with Gasteiger partial charge in [0.25, 0.3) is 0 Å². The number of anilines is 2. The topological polar surface area (TPSA) is 50.4 Å². The van der Waals surface area contributed by atoms with Gasteiger partial charge in [0.05, 0.1) is 0 Å². The van der Waals surface area contributed by atoms with Gasteiger partial charge in [0, 0.05) is 37.6 Å². The number of ether oxygens (including phenoxy) is 1. The van der Waals surface area contributed by atoms with Gasteiger partial charge in [0.15, 0.2) is 0 Å². The fourth-order valence-corrected chi connectivity index (χ4v) is 2.17. The van der Waals surface area contributed by atoms with E-state index in [1.807, 2.05) is 31.2 Å². The first-order valence-corrected chi connectivity index (χ1v) is 6.99. The molecule has 1 aromatic carbocycles. The molecule has 19 heavy (non-hydrogen) atoms. The van der Waals surface area contributed by atoms with E-state index in [1.165, 1.54) is 0 Å². The van der Waals surface area contributed by atoms with Crippen LogP contribution in [0.25, 0.3) is 0 Å². The third kappa shape index (κ3) is 4.56. The smallest absolute Gasteiger partial charge is 0.224 e. The minimum atomic E-state index is 0.0431. The maximum Gasteiger partial charge on any atom is 0.224 e. The molecule has 4 heteroatoms. The van der Waals surface area contributed by atoms with Crippen molar-refractivity contribution in [3.8, 4) is 0 Å². The Bertz CT molecular complexity index is 414. The normalized spacial score (nSPS) is 16.1. The second-order valence-electron chi connectivity index (χ2n) is 4.92. The number of rotatable bonds is 5. The van der Waals surface area contributed by atoms with Crippen molar-refractivity contribution in [1.82, 2.24) is 0 Å². The summed E-state index contributed by atoms with van der Waals surface area (Å²) < 4.78 is 5.35. The average molecular weight is 262 g/mol. The average Bonchev–Trinajstić information content (AvgIpc) is 2.46. The third-order valence-electron chi connectivity index (χ3n) is 3.40. The van der Waals surface area contributed by atoms with Crippen molar-refractivity contribution in [3.63, 3.8) is 0 Å². The van der Waals surface area contributed by atoms with Gasteiger partial charge in [-0.1, -0.05) is 13.0 Å². The molecule has 0 bridgehead atoms. The lowest BCUT2D eigenvalue weighted by molar-refractivity contribution is -0.115. The van der Waals surface area contributed by atoms with E-state index in [1.54, 1.807) is 0 Å². The SMILES string of the molecule is CCC(=O)Nc1cccc(NCC2CCOCC2)c1. The first-order chi connectivity index (χ1) is 9.28. The van der Waals surface area contributed by atoms with Gasteiger partial charge in [-0.05, 0) is 37.0 Å². The summed E-state index contributed by atoms with van der Waals surface area (Å²) in [5.41, 5.74) is 1.91. The summed E-state index contributed by atoms with van der Waals surface area (Å²) in [7, 11) is 0. The maximum atomic E-state index is 11.4.